The Bertz CT molecular complexity index is 200. The van der Waals surface area contributed by atoms with Gasteiger partial charge in [0.2, 0.25) is 5.96 Å². The highest BCUT2D eigenvalue weighted by molar-refractivity contribution is 5.79. The molecular weight excluding hydrogens is 192 g/mol. The first-order valence-electron chi connectivity index (χ1n) is 5.57. The van der Waals surface area contributed by atoms with Gasteiger partial charge in [-0.3, -0.25) is 10.4 Å². The molecule has 1 aliphatic rings. The second-order valence-electron chi connectivity index (χ2n) is 4.29. The molecule has 88 valence electrons. The predicted molar refractivity (Wildman–Crippen MR) is 61.4 cm³/mol. The summed E-state index contributed by atoms with van der Waals surface area (Å²) in [6, 6.07) is 0.334. The summed E-state index contributed by atoms with van der Waals surface area (Å²) >= 11 is 0. The Kier molecular flexibility index (Phi) is 5.42. The molecular formula is C10H22N4O. The lowest BCUT2D eigenvalue weighted by molar-refractivity contribution is 0.0761. The second kappa shape index (κ2) is 6.63. The fraction of sp³-hybridized carbons (Fsp3) is 0.900. The number of aliphatic imine (C=N–C) groups is 1. The molecule has 0 radical (unpaired) electrons. The number of nitrogens with one attached hydrogen (secondary N) is 2. The zero-order valence-corrected chi connectivity index (χ0v) is 9.62. The Labute approximate surface area is 91.4 Å². The average molecular weight is 214 g/mol. The van der Waals surface area contributed by atoms with Crippen molar-refractivity contribution in [2.45, 2.75) is 32.7 Å². The molecule has 1 atom stereocenters. The molecule has 0 aromatic heterocycles. The van der Waals surface area contributed by atoms with E-state index >= 15 is 0 Å². The smallest absolute Gasteiger partial charge is 0.206 e. The topological polar surface area (TPSA) is 71.7 Å². The summed E-state index contributed by atoms with van der Waals surface area (Å²) in [7, 11) is 0. The number of guanidine groups is 1. The van der Waals surface area contributed by atoms with Crippen LogP contribution in [-0.4, -0.2) is 31.8 Å². The molecule has 1 aliphatic heterocycles. The first-order chi connectivity index (χ1) is 7.22. The number of hydrogen-bond donors (Lipinski definition) is 3. The van der Waals surface area contributed by atoms with Crippen molar-refractivity contribution in [3.63, 3.8) is 0 Å². The molecule has 1 saturated heterocycles. The third kappa shape index (κ3) is 4.99. The van der Waals surface area contributed by atoms with E-state index in [2.05, 4.69) is 29.6 Å². The molecule has 15 heavy (non-hydrogen) atoms. The van der Waals surface area contributed by atoms with E-state index in [0.29, 0.717) is 17.9 Å². The van der Waals surface area contributed by atoms with Crippen LogP contribution in [0, 0.1) is 5.92 Å². The third-order valence-electron chi connectivity index (χ3n) is 2.25. The van der Waals surface area contributed by atoms with Gasteiger partial charge in [0.15, 0.2) is 0 Å². The summed E-state index contributed by atoms with van der Waals surface area (Å²) in [6.07, 6.45) is 2.21. The maximum Gasteiger partial charge on any atom is 0.206 e. The molecule has 0 saturated carbocycles. The van der Waals surface area contributed by atoms with Gasteiger partial charge in [-0.1, -0.05) is 13.8 Å². The maximum absolute atomic E-state index is 5.39. The van der Waals surface area contributed by atoms with Crippen molar-refractivity contribution < 1.29 is 4.74 Å². The van der Waals surface area contributed by atoms with Crippen molar-refractivity contribution in [1.82, 2.24) is 10.7 Å². The standard InChI is InChI=1S/C10H22N4O/c1-8(2)6-12-10(14-11)13-9-4-3-5-15-7-9/h8-9H,3-7,11H2,1-2H3,(H2,12,13,14). The Morgan fingerprint density at radius 3 is 2.93 bits per heavy atom. The van der Waals surface area contributed by atoms with E-state index in [-0.39, 0.29) is 0 Å². The molecule has 5 heteroatoms. The summed E-state index contributed by atoms with van der Waals surface area (Å²) in [5.41, 5.74) is 2.59. The van der Waals surface area contributed by atoms with Crippen molar-refractivity contribution in [3.05, 3.63) is 0 Å². The monoisotopic (exact) mass is 214 g/mol. The van der Waals surface area contributed by atoms with E-state index in [1.165, 1.54) is 0 Å². The highest BCUT2D eigenvalue weighted by Crippen LogP contribution is 2.05. The summed E-state index contributed by atoms with van der Waals surface area (Å²) in [4.78, 5) is 4.35. The molecule has 1 fully saturated rings. The Balaban J connectivity index is 2.34. The number of nitrogens with two attached hydrogens (primary N) is 1. The van der Waals surface area contributed by atoms with Gasteiger partial charge in [-0.05, 0) is 18.8 Å². The second-order valence-corrected chi connectivity index (χ2v) is 4.29. The van der Waals surface area contributed by atoms with E-state index in [4.69, 9.17) is 10.6 Å². The minimum Gasteiger partial charge on any atom is -0.379 e. The van der Waals surface area contributed by atoms with Gasteiger partial charge < -0.3 is 10.1 Å². The summed E-state index contributed by atoms with van der Waals surface area (Å²) in [6.45, 7) is 6.64. The van der Waals surface area contributed by atoms with Gasteiger partial charge in [-0.2, -0.15) is 0 Å². The van der Waals surface area contributed by atoms with Gasteiger partial charge in [0, 0.05) is 13.2 Å². The minimum absolute atomic E-state index is 0.334. The lowest BCUT2D eigenvalue weighted by Crippen LogP contribution is -2.49. The SMILES string of the molecule is CC(C)CN=C(NN)NC1CCCOC1. The largest absolute Gasteiger partial charge is 0.379 e. The van der Waals surface area contributed by atoms with Crippen molar-refractivity contribution >= 4 is 5.96 Å². The molecule has 0 spiro atoms. The number of hydrazine groups is 1. The van der Waals surface area contributed by atoms with Gasteiger partial charge in [-0.25, -0.2) is 5.84 Å². The van der Waals surface area contributed by atoms with Crippen LogP contribution in [0.2, 0.25) is 0 Å². The summed E-state index contributed by atoms with van der Waals surface area (Å²) in [5.74, 6) is 6.60. The molecule has 1 rings (SSSR count). The van der Waals surface area contributed by atoms with Crippen molar-refractivity contribution in [2.75, 3.05) is 19.8 Å². The quantitative estimate of drug-likeness (QED) is 0.272. The third-order valence-corrected chi connectivity index (χ3v) is 2.25. The summed E-state index contributed by atoms with van der Waals surface area (Å²) < 4.78 is 5.37. The molecule has 1 heterocycles. The van der Waals surface area contributed by atoms with E-state index < -0.39 is 0 Å². The molecule has 4 N–H and O–H groups in total. The number of ether oxygens (including phenoxy) is 1. The van der Waals surface area contributed by atoms with Crippen molar-refractivity contribution in [2.24, 2.45) is 16.8 Å². The first-order valence-corrected chi connectivity index (χ1v) is 5.57. The van der Waals surface area contributed by atoms with Crippen LogP contribution in [0.4, 0.5) is 0 Å². The Morgan fingerprint density at radius 1 is 1.60 bits per heavy atom. The van der Waals surface area contributed by atoms with E-state index in [1.807, 2.05) is 0 Å². The molecule has 0 amide bonds. The van der Waals surface area contributed by atoms with E-state index in [1.54, 1.807) is 0 Å². The zero-order chi connectivity index (χ0) is 11.1. The van der Waals surface area contributed by atoms with Crippen LogP contribution >= 0.6 is 0 Å². The van der Waals surface area contributed by atoms with Gasteiger partial charge >= 0.3 is 0 Å². The molecule has 0 aromatic carbocycles. The molecule has 0 bridgehead atoms. The lowest BCUT2D eigenvalue weighted by Gasteiger charge is -2.24. The molecule has 1 unspecified atom stereocenters. The zero-order valence-electron chi connectivity index (χ0n) is 9.62. The van der Waals surface area contributed by atoms with Crippen LogP contribution in [0.15, 0.2) is 4.99 Å². The van der Waals surface area contributed by atoms with Crippen LogP contribution in [-0.2, 0) is 4.74 Å². The Morgan fingerprint density at radius 2 is 2.40 bits per heavy atom. The molecule has 0 aromatic rings. The highest BCUT2D eigenvalue weighted by Gasteiger charge is 2.14. The molecule has 5 nitrogen and oxygen atoms in total. The lowest BCUT2D eigenvalue weighted by atomic mass is 10.1. The van der Waals surface area contributed by atoms with E-state index in [0.717, 1.165) is 32.6 Å². The van der Waals surface area contributed by atoms with Crippen LogP contribution in [0.1, 0.15) is 26.7 Å². The highest BCUT2D eigenvalue weighted by atomic mass is 16.5. The van der Waals surface area contributed by atoms with Crippen LogP contribution < -0.4 is 16.6 Å². The van der Waals surface area contributed by atoms with Crippen molar-refractivity contribution in [1.29, 1.82) is 0 Å². The van der Waals surface area contributed by atoms with Crippen molar-refractivity contribution in [3.8, 4) is 0 Å². The van der Waals surface area contributed by atoms with Crippen LogP contribution in [0.5, 0.6) is 0 Å². The molecule has 0 aliphatic carbocycles. The number of hydrogen-bond acceptors (Lipinski definition) is 3. The van der Waals surface area contributed by atoms with Crippen LogP contribution in [0.3, 0.4) is 0 Å². The van der Waals surface area contributed by atoms with E-state index in [9.17, 15) is 0 Å². The van der Waals surface area contributed by atoms with Gasteiger partial charge in [0.25, 0.3) is 0 Å². The summed E-state index contributed by atoms with van der Waals surface area (Å²) in [5, 5.41) is 3.25. The minimum atomic E-state index is 0.334. The Hall–Kier alpha value is -0.810. The fourth-order valence-corrected chi connectivity index (χ4v) is 1.45. The van der Waals surface area contributed by atoms with Gasteiger partial charge in [-0.15, -0.1) is 0 Å². The fourth-order valence-electron chi connectivity index (χ4n) is 1.45. The first kappa shape index (κ1) is 12.3. The average Bonchev–Trinajstić information content (AvgIpc) is 2.25. The normalized spacial score (nSPS) is 22.9. The predicted octanol–water partition coefficient (Wildman–Crippen LogP) is 0.230. The van der Waals surface area contributed by atoms with Gasteiger partial charge in [0.05, 0.1) is 12.6 Å². The maximum atomic E-state index is 5.39. The number of rotatable bonds is 3. The van der Waals surface area contributed by atoms with Crippen LogP contribution in [0.25, 0.3) is 0 Å². The number of nitrogens with zero attached hydrogens (tertiary/aromatic N) is 1. The van der Waals surface area contributed by atoms with Gasteiger partial charge in [0.1, 0.15) is 0 Å².